The molecule has 1 amide bonds. The van der Waals surface area contributed by atoms with Crippen molar-refractivity contribution in [3.05, 3.63) is 39.5 Å². The van der Waals surface area contributed by atoms with Crippen molar-refractivity contribution in [3.63, 3.8) is 0 Å². The molecule has 1 aromatic carbocycles. The topological polar surface area (TPSA) is 47.6 Å². The molecular formula is C16H18ClNO3S. The van der Waals surface area contributed by atoms with Gasteiger partial charge in [0.05, 0.1) is 24.9 Å². The number of anilines is 1. The number of thiophene rings is 1. The number of methoxy groups -OCH3 is 2. The van der Waals surface area contributed by atoms with Crippen LogP contribution in [0, 0.1) is 0 Å². The molecular weight excluding hydrogens is 322 g/mol. The smallest absolute Gasteiger partial charge is 0.224 e. The van der Waals surface area contributed by atoms with Crippen LogP contribution in [0.2, 0.25) is 5.02 Å². The van der Waals surface area contributed by atoms with Gasteiger partial charge in [0.2, 0.25) is 5.91 Å². The van der Waals surface area contributed by atoms with E-state index in [1.54, 1.807) is 23.5 Å². The number of carbonyl (C=O) groups is 1. The molecule has 1 N–H and O–H groups in total. The second-order valence-electron chi connectivity index (χ2n) is 4.67. The molecule has 0 bridgehead atoms. The predicted octanol–water partition coefficient (Wildman–Crippen LogP) is 4.38. The molecule has 0 saturated carbocycles. The molecule has 0 saturated heterocycles. The van der Waals surface area contributed by atoms with E-state index in [9.17, 15) is 4.79 Å². The number of hydrogen-bond donors (Lipinski definition) is 1. The lowest BCUT2D eigenvalue weighted by Gasteiger charge is -2.13. The molecule has 0 aliphatic rings. The number of ether oxygens (including phenoxy) is 2. The lowest BCUT2D eigenvalue weighted by molar-refractivity contribution is -0.116. The van der Waals surface area contributed by atoms with E-state index in [1.165, 1.54) is 19.1 Å². The molecule has 0 spiro atoms. The van der Waals surface area contributed by atoms with Crippen LogP contribution >= 0.6 is 22.9 Å². The van der Waals surface area contributed by atoms with E-state index in [4.69, 9.17) is 21.1 Å². The highest BCUT2D eigenvalue weighted by Crippen LogP contribution is 2.35. The van der Waals surface area contributed by atoms with E-state index in [2.05, 4.69) is 11.4 Å². The molecule has 2 rings (SSSR count). The largest absolute Gasteiger partial charge is 0.495 e. The standard InChI is InChI=1S/C16H18ClNO3S/c1-20-14-10-13(15(21-2)9-12(14)17)18-16(19)7-3-5-11-6-4-8-22-11/h4,6,8-10H,3,5,7H2,1-2H3,(H,18,19). The maximum atomic E-state index is 12.1. The van der Waals surface area contributed by atoms with Crippen LogP contribution in [-0.4, -0.2) is 20.1 Å². The Kier molecular flexibility index (Phi) is 6.10. The van der Waals surface area contributed by atoms with E-state index < -0.39 is 0 Å². The van der Waals surface area contributed by atoms with Crippen molar-refractivity contribution in [1.29, 1.82) is 0 Å². The van der Waals surface area contributed by atoms with Gasteiger partial charge in [0.25, 0.3) is 0 Å². The second-order valence-corrected chi connectivity index (χ2v) is 6.11. The lowest BCUT2D eigenvalue weighted by atomic mass is 10.2. The van der Waals surface area contributed by atoms with Gasteiger partial charge in [-0.15, -0.1) is 11.3 Å². The summed E-state index contributed by atoms with van der Waals surface area (Å²) in [6, 6.07) is 7.39. The van der Waals surface area contributed by atoms with Crippen LogP contribution in [0.1, 0.15) is 17.7 Å². The molecule has 0 radical (unpaired) electrons. The summed E-state index contributed by atoms with van der Waals surface area (Å²) in [5.41, 5.74) is 0.560. The van der Waals surface area contributed by atoms with Gasteiger partial charge in [-0.3, -0.25) is 4.79 Å². The summed E-state index contributed by atoms with van der Waals surface area (Å²) < 4.78 is 10.4. The highest BCUT2D eigenvalue weighted by molar-refractivity contribution is 7.09. The van der Waals surface area contributed by atoms with Crippen molar-refractivity contribution in [3.8, 4) is 11.5 Å². The molecule has 4 nitrogen and oxygen atoms in total. The number of aryl methyl sites for hydroxylation is 1. The van der Waals surface area contributed by atoms with Crippen LogP contribution in [0.25, 0.3) is 0 Å². The van der Waals surface area contributed by atoms with E-state index in [0.29, 0.717) is 28.6 Å². The van der Waals surface area contributed by atoms with Gasteiger partial charge in [0, 0.05) is 23.4 Å². The lowest BCUT2D eigenvalue weighted by Crippen LogP contribution is -2.12. The minimum atomic E-state index is -0.0563. The maximum Gasteiger partial charge on any atom is 0.224 e. The predicted molar refractivity (Wildman–Crippen MR) is 90.4 cm³/mol. The minimum absolute atomic E-state index is 0.0563. The Balaban J connectivity index is 1.95. The van der Waals surface area contributed by atoms with E-state index in [-0.39, 0.29) is 5.91 Å². The number of nitrogens with one attached hydrogen (secondary N) is 1. The third-order valence-electron chi connectivity index (χ3n) is 3.16. The fourth-order valence-electron chi connectivity index (χ4n) is 2.05. The van der Waals surface area contributed by atoms with Gasteiger partial charge in [-0.25, -0.2) is 0 Å². The van der Waals surface area contributed by atoms with E-state index >= 15 is 0 Å². The van der Waals surface area contributed by atoms with Crippen LogP contribution in [0.4, 0.5) is 5.69 Å². The quantitative estimate of drug-likeness (QED) is 0.814. The summed E-state index contributed by atoms with van der Waals surface area (Å²) >= 11 is 7.75. The van der Waals surface area contributed by atoms with E-state index in [1.807, 2.05) is 11.4 Å². The molecule has 6 heteroatoms. The molecule has 0 aliphatic heterocycles. The van der Waals surface area contributed by atoms with Crippen molar-refractivity contribution in [2.75, 3.05) is 19.5 Å². The fraction of sp³-hybridized carbons (Fsp3) is 0.312. The monoisotopic (exact) mass is 339 g/mol. The first-order valence-electron chi connectivity index (χ1n) is 6.87. The summed E-state index contributed by atoms with van der Waals surface area (Å²) in [5.74, 6) is 0.952. The van der Waals surface area contributed by atoms with Crippen LogP contribution < -0.4 is 14.8 Å². The van der Waals surface area contributed by atoms with Crippen molar-refractivity contribution >= 4 is 34.5 Å². The summed E-state index contributed by atoms with van der Waals surface area (Å²) in [7, 11) is 3.06. The first-order valence-corrected chi connectivity index (χ1v) is 8.13. The molecule has 2 aromatic rings. The summed E-state index contributed by atoms with van der Waals surface area (Å²) in [6.45, 7) is 0. The Morgan fingerprint density at radius 1 is 1.27 bits per heavy atom. The number of rotatable bonds is 7. The van der Waals surface area contributed by atoms with Gasteiger partial charge in [-0.2, -0.15) is 0 Å². The Labute approximate surface area is 139 Å². The van der Waals surface area contributed by atoms with Crippen LogP contribution in [0.3, 0.4) is 0 Å². The molecule has 22 heavy (non-hydrogen) atoms. The average Bonchev–Trinajstić information content (AvgIpc) is 3.01. The Bertz CT molecular complexity index is 629. The highest BCUT2D eigenvalue weighted by Gasteiger charge is 2.12. The van der Waals surface area contributed by atoms with Crippen molar-refractivity contribution in [1.82, 2.24) is 0 Å². The third-order valence-corrected chi connectivity index (χ3v) is 4.39. The van der Waals surface area contributed by atoms with Gasteiger partial charge in [0.1, 0.15) is 11.5 Å². The molecule has 0 unspecified atom stereocenters. The van der Waals surface area contributed by atoms with Gasteiger partial charge in [-0.05, 0) is 24.3 Å². The maximum absolute atomic E-state index is 12.1. The summed E-state index contributed by atoms with van der Waals surface area (Å²) in [5, 5.41) is 5.33. The minimum Gasteiger partial charge on any atom is -0.495 e. The first-order chi connectivity index (χ1) is 10.6. The number of halogens is 1. The summed E-state index contributed by atoms with van der Waals surface area (Å²) in [4.78, 5) is 13.3. The van der Waals surface area contributed by atoms with Crippen molar-refractivity contribution in [2.24, 2.45) is 0 Å². The number of carbonyl (C=O) groups excluding carboxylic acids is 1. The number of hydrogen-bond acceptors (Lipinski definition) is 4. The van der Waals surface area contributed by atoms with Crippen LogP contribution in [0.15, 0.2) is 29.6 Å². The molecule has 0 aliphatic carbocycles. The zero-order valence-corrected chi connectivity index (χ0v) is 14.1. The van der Waals surface area contributed by atoms with Crippen molar-refractivity contribution in [2.45, 2.75) is 19.3 Å². The Morgan fingerprint density at radius 3 is 2.68 bits per heavy atom. The first kappa shape index (κ1) is 16.6. The van der Waals surface area contributed by atoms with Crippen LogP contribution in [-0.2, 0) is 11.2 Å². The van der Waals surface area contributed by atoms with Gasteiger partial charge in [-0.1, -0.05) is 17.7 Å². The zero-order valence-electron chi connectivity index (χ0n) is 12.5. The molecule has 1 aromatic heterocycles. The number of amides is 1. The Hall–Kier alpha value is -1.72. The Morgan fingerprint density at radius 2 is 2.05 bits per heavy atom. The molecule has 0 atom stereocenters. The fourth-order valence-corrected chi connectivity index (χ4v) is 3.03. The second kappa shape index (κ2) is 8.06. The molecule has 1 heterocycles. The zero-order chi connectivity index (χ0) is 15.9. The highest BCUT2D eigenvalue weighted by atomic mass is 35.5. The van der Waals surface area contributed by atoms with Gasteiger partial charge >= 0.3 is 0 Å². The van der Waals surface area contributed by atoms with Crippen LogP contribution in [0.5, 0.6) is 11.5 Å². The van der Waals surface area contributed by atoms with Gasteiger partial charge < -0.3 is 14.8 Å². The average molecular weight is 340 g/mol. The third kappa shape index (κ3) is 4.39. The molecule has 0 fully saturated rings. The molecule has 118 valence electrons. The van der Waals surface area contributed by atoms with Crippen molar-refractivity contribution < 1.29 is 14.3 Å². The van der Waals surface area contributed by atoms with Gasteiger partial charge in [0.15, 0.2) is 0 Å². The SMILES string of the molecule is COc1cc(NC(=O)CCCc2cccs2)c(OC)cc1Cl. The van der Waals surface area contributed by atoms with E-state index in [0.717, 1.165) is 12.8 Å². The summed E-state index contributed by atoms with van der Waals surface area (Å²) in [6.07, 6.45) is 2.16. The number of benzene rings is 1. The normalized spacial score (nSPS) is 10.3.